The van der Waals surface area contributed by atoms with Gasteiger partial charge in [-0.1, -0.05) is 76.4 Å². The number of hydrogen-bond donors (Lipinski definition) is 3. The second-order valence-electron chi connectivity index (χ2n) is 8.31. The summed E-state index contributed by atoms with van der Waals surface area (Å²) in [6, 6.07) is 22.3. The van der Waals surface area contributed by atoms with Crippen molar-refractivity contribution in [2.24, 2.45) is 0 Å². The van der Waals surface area contributed by atoms with Crippen LogP contribution in [0.25, 0.3) is 0 Å². The van der Waals surface area contributed by atoms with Crippen molar-refractivity contribution in [1.82, 2.24) is 0 Å². The zero-order valence-electron chi connectivity index (χ0n) is 21.3. The maximum Gasteiger partial charge on any atom is 0.115 e. The van der Waals surface area contributed by atoms with Gasteiger partial charge in [0.15, 0.2) is 0 Å². The van der Waals surface area contributed by atoms with Crippen molar-refractivity contribution in [3.05, 3.63) is 89.5 Å². The van der Waals surface area contributed by atoms with Crippen molar-refractivity contribution in [1.29, 1.82) is 0 Å². The third-order valence-electron chi connectivity index (χ3n) is 5.27. The predicted octanol–water partition coefficient (Wildman–Crippen LogP) is 8.26. The molecule has 0 spiro atoms. The normalized spacial score (nSPS) is 9.62. The summed E-state index contributed by atoms with van der Waals surface area (Å²) in [7, 11) is 0. The molecule has 3 aromatic carbocycles. The lowest BCUT2D eigenvalue weighted by Crippen LogP contribution is -1.82. The summed E-state index contributed by atoms with van der Waals surface area (Å²) in [6.07, 6.45) is 10.7. The number of aryl methyl sites for hydroxylation is 3. The Morgan fingerprint density at radius 3 is 0.794 bits per heavy atom. The Morgan fingerprint density at radius 2 is 0.618 bits per heavy atom. The molecule has 0 aliphatic carbocycles. The molecule has 188 valence electrons. The number of rotatable bonds is 9. The molecule has 0 amide bonds. The van der Waals surface area contributed by atoms with Gasteiger partial charge in [0, 0.05) is 0 Å². The molecule has 0 aliphatic rings. The van der Waals surface area contributed by atoms with Gasteiger partial charge < -0.3 is 15.3 Å². The van der Waals surface area contributed by atoms with Crippen LogP contribution in [0.1, 0.15) is 76.0 Å². The van der Waals surface area contributed by atoms with Gasteiger partial charge in [0.05, 0.1) is 0 Å². The van der Waals surface area contributed by atoms with E-state index >= 15 is 0 Å². The van der Waals surface area contributed by atoms with Crippen LogP contribution in [0.15, 0.2) is 72.8 Å². The Hall–Kier alpha value is -2.51. The van der Waals surface area contributed by atoms with Crippen molar-refractivity contribution in [2.75, 3.05) is 0 Å². The van der Waals surface area contributed by atoms with Crippen LogP contribution in [-0.2, 0) is 19.3 Å². The summed E-state index contributed by atoms with van der Waals surface area (Å²) in [5.41, 5.74) is 3.93. The highest BCUT2D eigenvalue weighted by atomic mass is 31.0. The molecule has 0 aliphatic heterocycles. The fourth-order valence-corrected chi connectivity index (χ4v) is 3.13. The standard InChI is InChI=1S/3C10H14O.H3P/c3*1-2-3-4-9-5-7-10(11)8-6-9;/h3*5-8,11H,2-4H2,1H3;1H3. The van der Waals surface area contributed by atoms with Crippen molar-refractivity contribution in [3.63, 3.8) is 0 Å². The van der Waals surface area contributed by atoms with E-state index in [0.29, 0.717) is 17.2 Å². The first-order valence-corrected chi connectivity index (χ1v) is 12.3. The van der Waals surface area contributed by atoms with Gasteiger partial charge in [-0.2, -0.15) is 9.90 Å². The first kappa shape index (κ1) is 31.5. The van der Waals surface area contributed by atoms with Gasteiger partial charge in [0.1, 0.15) is 17.2 Å². The fraction of sp³-hybridized carbons (Fsp3) is 0.400. The van der Waals surface area contributed by atoms with Gasteiger partial charge in [0.2, 0.25) is 0 Å². The average molecular weight is 485 g/mol. The first-order chi connectivity index (χ1) is 16.0. The number of phenols is 3. The third-order valence-corrected chi connectivity index (χ3v) is 5.27. The molecule has 3 aromatic rings. The number of aromatic hydroxyl groups is 3. The fourth-order valence-electron chi connectivity index (χ4n) is 3.13. The molecule has 0 aromatic heterocycles. The monoisotopic (exact) mass is 484 g/mol. The van der Waals surface area contributed by atoms with Gasteiger partial charge in [-0.15, -0.1) is 0 Å². The highest BCUT2D eigenvalue weighted by Crippen LogP contribution is 2.13. The Morgan fingerprint density at radius 1 is 0.412 bits per heavy atom. The smallest absolute Gasteiger partial charge is 0.115 e. The van der Waals surface area contributed by atoms with Crippen LogP contribution in [0.2, 0.25) is 0 Å². The number of benzene rings is 3. The van der Waals surface area contributed by atoms with Gasteiger partial charge >= 0.3 is 0 Å². The van der Waals surface area contributed by atoms with E-state index in [4.69, 9.17) is 15.3 Å². The average Bonchev–Trinajstić information content (AvgIpc) is 2.84. The molecule has 3 nitrogen and oxygen atoms in total. The molecule has 0 fully saturated rings. The van der Waals surface area contributed by atoms with E-state index in [9.17, 15) is 0 Å². The minimum atomic E-state index is 0. The molecule has 1 atom stereocenters. The summed E-state index contributed by atoms with van der Waals surface area (Å²) in [5, 5.41) is 26.9. The van der Waals surface area contributed by atoms with Crippen LogP contribution >= 0.6 is 9.90 Å². The molecule has 0 saturated heterocycles. The van der Waals surface area contributed by atoms with Crippen molar-refractivity contribution in [3.8, 4) is 17.2 Å². The van der Waals surface area contributed by atoms with E-state index in [1.165, 1.54) is 55.2 Å². The quantitative estimate of drug-likeness (QED) is 0.268. The Balaban J connectivity index is 0.000000473. The van der Waals surface area contributed by atoms with E-state index in [2.05, 4.69) is 20.8 Å². The van der Waals surface area contributed by atoms with E-state index in [-0.39, 0.29) is 9.90 Å². The van der Waals surface area contributed by atoms with E-state index in [0.717, 1.165) is 19.3 Å². The maximum absolute atomic E-state index is 8.98. The first-order valence-electron chi connectivity index (χ1n) is 12.3. The Bertz CT molecular complexity index is 726. The van der Waals surface area contributed by atoms with Crippen LogP contribution in [0.4, 0.5) is 0 Å². The summed E-state index contributed by atoms with van der Waals surface area (Å²) in [5.74, 6) is 1.06. The molecule has 4 heteroatoms. The van der Waals surface area contributed by atoms with E-state index < -0.39 is 0 Å². The second kappa shape index (κ2) is 19.9. The van der Waals surface area contributed by atoms with E-state index in [1.54, 1.807) is 36.4 Å². The van der Waals surface area contributed by atoms with Crippen LogP contribution in [-0.4, -0.2) is 15.3 Å². The topological polar surface area (TPSA) is 60.7 Å². The largest absolute Gasteiger partial charge is 0.508 e. The molecule has 0 radical (unpaired) electrons. The summed E-state index contributed by atoms with van der Waals surface area (Å²) >= 11 is 0. The molecule has 0 bridgehead atoms. The van der Waals surface area contributed by atoms with Gasteiger partial charge in [-0.25, -0.2) is 0 Å². The Labute approximate surface area is 210 Å². The van der Waals surface area contributed by atoms with Crippen LogP contribution in [0, 0.1) is 0 Å². The van der Waals surface area contributed by atoms with Gasteiger partial charge in [-0.3, -0.25) is 0 Å². The Kier molecular flexibility index (Phi) is 18.4. The van der Waals surface area contributed by atoms with Crippen LogP contribution in [0.3, 0.4) is 0 Å². The number of unbranched alkanes of at least 4 members (excludes halogenated alkanes) is 3. The maximum atomic E-state index is 8.98. The predicted molar refractivity (Wildman–Crippen MR) is 151 cm³/mol. The van der Waals surface area contributed by atoms with Crippen molar-refractivity contribution in [2.45, 2.75) is 78.6 Å². The molecule has 34 heavy (non-hydrogen) atoms. The van der Waals surface area contributed by atoms with Crippen LogP contribution in [0.5, 0.6) is 17.2 Å². The third kappa shape index (κ3) is 15.3. The molecule has 1 unspecified atom stereocenters. The highest BCUT2D eigenvalue weighted by molar-refractivity contribution is 6.92. The summed E-state index contributed by atoms with van der Waals surface area (Å²) < 4.78 is 0. The molecular weight excluding hydrogens is 439 g/mol. The minimum Gasteiger partial charge on any atom is -0.508 e. The summed E-state index contributed by atoms with van der Waals surface area (Å²) in [4.78, 5) is 0. The lowest BCUT2D eigenvalue weighted by atomic mass is 10.1. The molecular formula is C30H45O3P. The molecule has 0 saturated carbocycles. The lowest BCUT2D eigenvalue weighted by molar-refractivity contribution is 0.474. The molecule has 3 N–H and O–H groups in total. The zero-order valence-corrected chi connectivity index (χ0v) is 22.8. The lowest BCUT2D eigenvalue weighted by Gasteiger charge is -1.98. The van der Waals surface area contributed by atoms with Gasteiger partial charge in [-0.05, 0) is 91.6 Å². The molecule has 0 heterocycles. The number of phenolic OH excluding ortho intramolecular Hbond substituents is 3. The second-order valence-corrected chi connectivity index (χ2v) is 8.31. The zero-order chi connectivity index (χ0) is 24.3. The van der Waals surface area contributed by atoms with Gasteiger partial charge in [0.25, 0.3) is 0 Å². The van der Waals surface area contributed by atoms with Crippen LogP contribution < -0.4 is 0 Å². The summed E-state index contributed by atoms with van der Waals surface area (Å²) in [6.45, 7) is 6.54. The minimum absolute atomic E-state index is 0. The number of hydrogen-bond acceptors (Lipinski definition) is 3. The van der Waals surface area contributed by atoms with Crippen molar-refractivity contribution < 1.29 is 15.3 Å². The SMILES string of the molecule is CCCCc1ccc(O)cc1.CCCCc1ccc(O)cc1.CCCCc1ccc(O)cc1.P. The van der Waals surface area contributed by atoms with Crippen molar-refractivity contribution >= 4 is 9.90 Å². The highest BCUT2D eigenvalue weighted by Gasteiger charge is 1.93. The van der Waals surface area contributed by atoms with E-state index in [1.807, 2.05) is 36.4 Å². The molecule has 3 rings (SSSR count).